The van der Waals surface area contributed by atoms with E-state index in [0.717, 1.165) is 19.9 Å². The number of aliphatic imine (C=N–C) groups is 1. The van der Waals surface area contributed by atoms with Crippen molar-refractivity contribution < 1.29 is 9.53 Å². The molecule has 1 aromatic carbocycles. The van der Waals surface area contributed by atoms with Gasteiger partial charge in [0.05, 0.1) is 5.00 Å². The van der Waals surface area contributed by atoms with Gasteiger partial charge in [-0.1, -0.05) is 22.0 Å². The molecule has 4 nitrogen and oxygen atoms in total. The molecule has 1 aliphatic heterocycles. The minimum atomic E-state index is -0.422. The summed E-state index contributed by atoms with van der Waals surface area (Å²) >= 11 is 4.99. The summed E-state index contributed by atoms with van der Waals surface area (Å²) in [6.07, 6.45) is 1.75. The van der Waals surface area contributed by atoms with Crippen LogP contribution in [0.15, 0.2) is 51.6 Å². The van der Waals surface area contributed by atoms with E-state index in [1.165, 1.54) is 0 Å². The van der Waals surface area contributed by atoms with E-state index in [9.17, 15) is 4.79 Å². The summed E-state index contributed by atoms with van der Waals surface area (Å²) in [7, 11) is 3.96. The Bertz CT molecular complexity index is 793. The molecule has 0 amide bonds. The predicted octanol–water partition coefficient (Wildman–Crippen LogP) is 3.92. The van der Waals surface area contributed by atoms with Crippen LogP contribution in [0.4, 0.5) is 5.00 Å². The molecule has 0 fully saturated rings. The van der Waals surface area contributed by atoms with E-state index in [1.54, 1.807) is 17.4 Å². The molecule has 2 heterocycles. The molecular formula is C16H13BrN2O2S. The lowest BCUT2D eigenvalue weighted by atomic mass is 10.2. The molecular weight excluding hydrogens is 364 g/mol. The summed E-state index contributed by atoms with van der Waals surface area (Å²) in [5.41, 5.74) is 1.09. The SMILES string of the molecule is CN(C)c1ccc(/C=C2/N=C(c3cccc(Br)c3)OC2=O)s1. The number of nitrogens with zero attached hydrogens (tertiary/aromatic N) is 2. The maximum absolute atomic E-state index is 12.0. The average Bonchev–Trinajstić information content (AvgIpc) is 3.07. The topological polar surface area (TPSA) is 41.9 Å². The number of thiophene rings is 1. The molecule has 3 rings (SSSR count). The van der Waals surface area contributed by atoms with Crippen LogP contribution in [0.3, 0.4) is 0 Å². The third kappa shape index (κ3) is 3.13. The maximum atomic E-state index is 12.0. The van der Waals surface area contributed by atoms with Gasteiger partial charge in [0.2, 0.25) is 5.90 Å². The van der Waals surface area contributed by atoms with Crippen LogP contribution >= 0.6 is 27.3 Å². The first-order chi connectivity index (χ1) is 10.5. The molecule has 2 aromatic rings. The van der Waals surface area contributed by atoms with Gasteiger partial charge in [0.25, 0.3) is 0 Å². The number of esters is 1. The highest BCUT2D eigenvalue weighted by molar-refractivity contribution is 9.10. The van der Waals surface area contributed by atoms with E-state index in [2.05, 4.69) is 20.9 Å². The highest BCUT2D eigenvalue weighted by Gasteiger charge is 2.24. The van der Waals surface area contributed by atoms with Gasteiger partial charge in [0.15, 0.2) is 5.70 Å². The second-order valence-corrected chi connectivity index (χ2v) is 6.93. The number of hydrogen-bond acceptors (Lipinski definition) is 5. The fraction of sp³-hybridized carbons (Fsp3) is 0.125. The highest BCUT2D eigenvalue weighted by Crippen LogP contribution is 2.28. The van der Waals surface area contributed by atoms with E-state index in [0.29, 0.717) is 11.6 Å². The molecule has 0 radical (unpaired) electrons. The molecule has 22 heavy (non-hydrogen) atoms. The summed E-state index contributed by atoms with van der Waals surface area (Å²) in [5, 5.41) is 1.12. The summed E-state index contributed by atoms with van der Waals surface area (Å²) in [4.78, 5) is 19.3. The smallest absolute Gasteiger partial charge is 0.363 e. The number of cyclic esters (lactones) is 1. The van der Waals surface area contributed by atoms with E-state index >= 15 is 0 Å². The van der Waals surface area contributed by atoms with Gasteiger partial charge in [0, 0.05) is 29.0 Å². The molecule has 1 aliphatic rings. The van der Waals surface area contributed by atoms with Crippen molar-refractivity contribution in [1.29, 1.82) is 0 Å². The number of benzene rings is 1. The number of carbonyl (C=O) groups is 1. The van der Waals surface area contributed by atoms with Gasteiger partial charge in [-0.2, -0.15) is 0 Å². The first-order valence-electron chi connectivity index (χ1n) is 6.58. The Kier molecular flexibility index (Phi) is 4.13. The number of ether oxygens (including phenoxy) is 1. The third-order valence-electron chi connectivity index (χ3n) is 3.02. The molecule has 1 aromatic heterocycles. The van der Waals surface area contributed by atoms with Crippen LogP contribution in [0.5, 0.6) is 0 Å². The molecule has 0 saturated heterocycles. The molecule has 0 bridgehead atoms. The van der Waals surface area contributed by atoms with Crippen LogP contribution in [-0.2, 0) is 9.53 Å². The van der Waals surface area contributed by atoms with Crippen LogP contribution in [0, 0.1) is 0 Å². The number of anilines is 1. The first kappa shape index (κ1) is 15.0. The summed E-state index contributed by atoms with van der Waals surface area (Å²) in [6, 6.07) is 11.5. The standard InChI is InChI=1S/C16H13BrN2O2S/c1-19(2)14-7-6-12(22-14)9-13-16(20)21-15(18-13)10-4-3-5-11(17)8-10/h3-9H,1-2H3/b13-9+. The van der Waals surface area contributed by atoms with E-state index < -0.39 is 5.97 Å². The second kappa shape index (κ2) is 6.06. The molecule has 0 aliphatic carbocycles. The van der Waals surface area contributed by atoms with Crippen molar-refractivity contribution in [2.75, 3.05) is 19.0 Å². The van der Waals surface area contributed by atoms with Crippen molar-refractivity contribution in [2.45, 2.75) is 0 Å². The van der Waals surface area contributed by atoms with Crippen LogP contribution in [0.1, 0.15) is 10.4 Å². The van der Waals surface area contributed by atoms with Crippen molar-refractivity contribution in [3.63, 3.8) is 0 Å². The number of halogens is 1. The molecule has 0 N–H and O–H groups in total. The van der Waals surface area contributed by atoms with Gasteiger partial charge in [-0.15, -0.1) is 11.3 Å². The summed E-state index contributed by atoms with van der Waals surface area (Å²) in [5.74, 6) is -0.0864. The average molecular weight is 377 g/mol. The van der Waals surface area contributed by atoms with Gasteiger partial charge in [0.1, 0.15) is 0 Å². The lowest BCUT2D eigenvalue weighted by Crippen LogP contribution is -2.05. The Morgan fingerprint density at radius 2 is 2.09 bits per heavy atom. The van der Waals surface area contributed by atoms with Gasteiger partial charge in [-0.25, -0.2) is 9.79 Å². The number of hydrogen-bond donors (Lipinski definition) is 0. The van der Waals surface area contributed by atoms with E-state index in [4.69, 9.17) is 4.74 Å². The summed E-state index contributed by atoms with van der Waals surface area (Å²) < 4.78 is 6.17. The van der Waals surface area contributed by atoms with E-state index in [1.807, 2.05) is 55.4 Å². The van der Waals surface area contributed by atoms with Crippen LogP contribution in [0.2, 0.25) is 0 Å². The molecule has 0 unspecified atom stereocenters. The zero-order valence-corrected chi connectivity index (χ0v) is 14.4. The molecule has 0 saturated carbocycles. The molecule has 6 heteroatoms. The van der Waals surface area contributed by atoms with Gasteiger partial charge < -0.3 is 9.64 Å². The van der Waals surface area contributed by atoms with Crippen LogP contribution < -0.4 is 4.90 Å². The van der Waals surface area contributed by atoms with Gasteiger partial charge in [-0.3, -0.25) is 0 Å². The van der Waals surface area contributed by atoms with Crippen molar-refractivity contribution in [2.24, 2.45) is 4.99 Å². The Balaban J connectivity index is 1.90. The van der Waals surface area contributed by atoms with Crippen molar-refractivity contribution in [3.8, 4) is 0 Å². The predicted molar refractivity (Wildman–Crippen MR) is 93.4 cm³/mol. The lowest BCUT2D eigenvalue weighted by Gasteiger charge is -2.06. The fourth-order valence-electron chi connectivity index (χ4n) is 1.95. The fourth-order valence-corrected chi connectivity index (χ4v) is 3.22. The highest BCUT2D eigenvalue weighted by atomic mass is 79.9. The van der Waals surface area contributed by atoms with Crippen molar-refractivity contribution >= 4 is 50.2 Å². The van der Waals surface area contributed by atoms with Crippen molar-refractivity contribution in [3.05, 3.63) is 57.0 Å². The minimum Gasteiger partial charge on any atom is -0.402 e. The Labute approximate surface area is 140 Å². The number of carbonyl (C=O) groups excluding carboxylic acids is 1. The monoisotopic (exact) mass is 376 g/mol. The second-order valence-electron chi connectivity index (χ2n) is 4.92. The van der Waals surface area contributed by atoms with Gasteiger partial charge >= 0.3 is 5.97 Å². The van der Waals surface area contributed by atoms with Crippen molar-refractivity contribution in [1.82, 2.24) is 0 Å². The normalized spacial score (nSPS) is 15.9. The lowest BCUT2D eigenvalue weighted by molar-refractivity contribution is -0.129. The van der Waals surface area contributed by atoms with Crippen LogP contribution in [0.25, 0.3) is 6.08 Å². The molecule has 0 atom stereocenters. The largest absolute Gasteiger partial charge is 0.402 e. The van der Waals surface area contributed by atoms with Gasteiger partial charge in [-0.05, 0) is 36.4 Å². The van der Waals surface area contributed by atoms with Crippen LogP contribution in [-0.4, -0.2) is 26.0 Å². The zero-order valence-electron chi connectivity index (χ0n) is 12.0. The number of rotatable bonds is 3. The first-order valence-corrected chi connectivity index (χ1v) is 8.19. The Morgan fingerprint density at radius 3 is 2.77 bits per heavy atom. The van der Waals surface area contributed by atoms with E-state index in [-0.39, 0.29) is 0 Å². The molecule has 0 spiro atoms. The Morgan fingerprint density at radius 1 is 1.27 bits per heavy atom. The summed E-state index contributed by atoms with van der Waals surface area (Å²) in [6.45, 7) is 0. The third-order valence-corrected chi connectivity index (χ3v) is 4.72. The molecule has 112 valence electrons. The minimum absolute atomic E-state index is 0.321. The zero-order chi connectivity index (χ0) is 15.7. The Hall–Kier alpha value is -1.92. The quantitative estimate of drug-likeness (QED) is 0.602. The maximum Gasteiger partial charge on any atom is 0.363 e.